The Labute approximate surface area is 208 Å². The molecule has 1 atom stereocenters. The number of pyridine rings is 1. The predicted octanol–water partition coefficient (Wildman–Crippen LogP) is 4.59. The topological polar surface area (TPSA) is 118 Å². The fourth-order valence-electron chi connectivity index (χ4n) is 3.95. The molecule has 0 saturated carbocycles. The summed E-state index contributed by atoms with van der Waals surface area (Å²) < 4.78 is 7.27. The van der Waals surface area contributed by atoms with Crippen LogP contribution in [0.4, 0.5) is 10.5 Å². The summed E-state index contributed by atoms with van der Waals surface area (Å²) in [6.07, 6.45) is 3.69. The van der Waals surface area contributed by atoms with Crippen LogP contribution in [-0.2, 0) is 4.74 Å². The molecular weight excluding hydrogens is 458 g/mol. The Morgan fingerprint density at radius 3 is 2.56 bits per heavy atom. The first kappa shape index (κ1) is 23.3. The van der Waals surface area contributed by atoms with Gasteiger partial charge >= 0.3 is 6.09 Å². The van der Waals surface area contributed by atoms with Crippen molar-refractivity contribution in [3.05, 3.63) is 78.4 Å². The van der Waals surface area contributed by atoms with Crippen molar-refractivity contribution in [2.24, 2.45) is 0 Å². The van der Waals surface area contributed by atoms with Gasteiger partial charge < -0.3 is 10.1 Å². The zero-order valence-electron chi connectivity index (χ0n) is 20.3. The van der Waals surface area contributed by atoms with E-state index in [4.69, 9.17) is 9.84 Å². The second kappa shape index (κ2) is 9.29. The van der Waals surface area contributed by atoms with Crippen molar-refractivity contribution < 1.29 is 14.3 Å². The minimum atomic E-state index is -0.608. The van der Waals surface area contributed by atoms with Crippen molar-refractivity contribution in [2.45, 2.75) is 38.8 Å². The maximum atomic E-state index is 13.2. The van der Waals surface area contributed by atoms with Gasteiger partial charge in [-0.1, -0.05) is 24.3 Å². The average molecular weight is 486 g/mol. The number of hydrogen-bond donors (Lipinski definition) is 2. The number of aromatic amines is 1. The summed E-state index contributed by atoms with van der Waals surface area (Å²) in [5.41, 5.74) is 2.90. The van der Waals surface area contributed by atoms with Crippen molar-refractivity contribution in [3.8, 4) is 17.1 Å². The summed E-state index contributed by atoms with van der Waals surface area (Å²) in [5.74, 6) is -0.381. The summed E-state index contributed by atoms with van der Waals surface area (Å²) >= 11 is 0. The molecule has 1 saturated heterocycles. The first-order chi connectivity index (χ1) is 17.3. The zero-order valence-corrected chi connectivity index (χ0v) is 20.3. The highest BCUT2D eigenvalue weighted by atomic mass is 16.6. The molecule has 5 rings (SSSR count). The van der Waals surface area contributed by atoms with Crippen molar-refractivity contribution in [2.75, 3.05) is 11.9 Å². The standard InChI is InChI=1S/C26H27N7O3/c1-26(2,3)36-25(35)32-15-13-22(32)23-21(16-33(31-23)17-8-5-4-6-9-17)29-24(34)20-11-7-10-18(28-20)19-12-14-27-30-19/h4-12,14,16,22H,13,15H2,1-3H3,(H,27,30)(H,29,34). The van der Waals surface area contributed by atoms with E-state index in [0.717, 1.165) is 5.69 Å². The molecule has 0 radical (unpaired) electrons. The van der Waals surface area contributed by atoms with Gasteiger partial charge in [0.15, 0.2) is 0 Å². The summed E-state index contributed by atoms with van der Waals surface area (Å²) in [4.78, 5) is 32.1. The molecule has 1 aromatic carbocycles. The average Bonchev–Trinajstić information content (AvgIpc) is 3.49. The van der Waals surface area contributed by atoms with Crippen LogP contribution in [0.25, 0.3) is 17.1 Å². The number of H-pyrrole nitrogens is 1. The van der Waals surface area contributed by atoms with Gasteiger partial charge in [0.2, 0.25) is 0 Å². The predicted molar refractivity (Wildman–Crippen MR) is 134 cm³/mol. The Balaban J connectivity index is 1.45. The molecule has 3 aromatic heterocycles. The zero-order chi connectivity index (χ0) is 25.3. The van der Waals surface area contributed by atoms with E-state index in [0.29, 0.717) is 35.7 Å². The number of ether oxygens (including phenoxy) is 1. The number of carbonyl (C=O) groups is 2. The van der Waals surface area contributed by atoms with Gasteiger partial charge in [-0.25, -0.2) is 14.5 Å². The molecule has 0 bridgehead atoms. The number of para-hydroxylation sites is 1. The van der Waals surface area contributed by atoms with Gasteiger partial charge in [0.1, 0.15) is 17.0 Å². The van der Waals surface area contributed by atoms with Crippen molar-refractivity contribution in [1.82, 2.24) is 29.9 Å². The molecular formula is C26H27N7O3. The molecule has 0 spiro atoms. The highest BCUT2D eigenvalue weighted by molar-refractivity contribution is 6.03. The quantitative estimate of drug-likeness (QED) is 0.427. The number of hydrogen-bond acceptors (Lipinski definition) is 6. The molecule has 4 heterocycles. The van der Waals surface area contributed by atoms with E-state index in [1.165, 1.54) is 0 Å². The Morgan fingerprint density at radius 1 is 1.08 bits per heavy atom. The highest BCUT2D eigenvalue weighted by Gasteiger charge is 2.39. The maximum Gasteiger partial charge on any atom is 0.410 e. The molecule has 1 fully saturated rings. The van der Waals surface area contributed by atoms with Crippen LogP contribution in [0.1, 0.15) is 49.4 Å². The van der Waals surface area contributed by atoms with E-state index in [-0.39, 0.29) is 17.6 Å². The molecule has 36 heavy (non-hydrogen) atoms. The molecule has 10 heteroatoms. The van der Waals surface area contributed by atoms with Gasteiger partial charge in [-0.15, -0.1) is 0 Å². The molecule has 1 aliphatic rings. The van der Waals surface area contributed by atoms with Crippen molar-refractivity contribution in [1.29, 1.82) is 0 Å². The summed E-state index contributed by atoms with van der Waals surface area (Å²) in [6.45, 7) is 6.05. The van der Waals surface area contributed by atoms with Crippen LogP contribution < -0.4 is 5.32 Å². The van der Waals surface area contributed by atoms with Gasteiger partial charge in [-0.05, 0) is 57.5 Å². The molecule has 2 N–H and O–H groups in total. The Bertz CT molecular complexity index is 1370. The van der Waals surface area contributed by atoms with Gasteiger partial charge in [-0.2, -0.15) is 10.2 Å². The molecule has 2 amide bonds. The number of rotatable bonds is 5. The fourth-order valence-corrected chi connectivity index (χ4v) is 3.95. The summed E-state index contributed by atoms with van der Waals surface area (Å²) in [6, 6.07) is 16.3. The van der Waals surface area contributed by atoms with Crippen LogP contribution in [0, 0.1) is 0 Å². The number of carbonyl (C=O) groups excluding carboxylic acids is 2. The first-order valence-electron chi connectivity index (χ1n) is 11.7. The van der Waals surface area contributed by atoms with Crippen LogP contribution in [0.2, 0.25) is 0 Å². The summed E-state index contributed by atoms with van der Waals surface area (Å²) in [7, 11) is 0. The van der Waals surface area contributed by atoms with E-state index in [1.54, 1.807) is 46.2 Å². The second-order valence-corrected chi connectivity index (χ2v) is 9.52. The lowest BCUT2D eigenvalue weighted by Crippen LogP contribution is -2.47. The van der Waals surface area contributed by atoms with Gasteiger partial charge in [0.25, 0.3) is 5.91 Å². The Morgan fingerprint density at radius 2 is 1.89 bits per heavy atom. The number of likely N-dealkylation sites (tertiary alicyclic amines) is 1. The van der Waals surface area contributed by atoms with Crippen LogP contribution in [0.15, 0.2) is 67.0 Å². The number of benzene rings is 1. The van der Waals surface area contributed by atoms with Crippen molar-refractivity contribution in [3.63, 3.8) is 0 Å². The number of anilines is 1. The second-order valence-electron chi connectivity index (χ2n) is 9.52. The Hall–Kier alpha value is -4.47. The monoisotopic (exact) mass is 485 g/mol. The smallest absolute Gasteiger partial charge is 0.410 e. The first-order valence-corrected chi connectivity index (χ1v) is 11.7. The van der Waals surface area contributed by atoms with Gasteiger partial charge in [-0.3, -0.25) is 14.8 Å². The van der Waals surface area contributed by atoms with E-state index in [9.17, 15) is 9.59 Å². The molecule has 1 aliphatic heterocycles. The highest BCUT2D eigenvalue weighted by Crippen LogP contribution is 2.38. The molecule has 0 aliphatic carbocycles. The number of aromatic nitrogens is 5. The lowest BCUT2D eigenvalue weighted by Gasteiger charge is -2.40. The van der Waals surface area contributed by atoms with Crippen LogP contribution >= 0.6 is 0 Å². The minimum Gasteiger partial charge on any atom is -0.444 e. The minimum absolute atomic E-state index is 0.248. The third kappa shape index (κ3) is 4.83. The largest absolute Gasteiger partial charge is 0.444 e. The number of amides is 2. The van der Waals surface area contributed by atoms with Crippen molar-refractivity contribution >= 4 is 17.7 Å². The van der Waals surface area contributed by atoms with Gasteiger partial charge in [0.05, 0.1) is 35.0 Å². The normalized spacial score (nSPS) is 15.3. The molecule has 10 nitrogen and oxygen atoms in total. The molecule has 184 valence electrons. The Kier molecular flexibility index (Phi) is 6.01. The van der Waals surface area contributed by atoms with E-state index < -0.39 is 11.7 Å². The third-order valence-electron chi connectivity index (χ3n) is 5.73. The van der Waals surface area contributed by atoms with E-state index in [1.807, 2.05) is 51.1 Å². The van der Waals surface area contributed by atoms with Crippen LogP contribution in [-0.4, -0.2) is 54.0 Å². The van der Waals surface area contributed by atoms with E-state index in [2.05, 4.69) is 20.5 Å². The lowest BCUT2D eigenvalue weighted by molar-refractivity contribution is -0.00643. The van der Waals surface area contributed by atoms with Crippen LogP contribution in [0.5, 0.6) is 0 Å². The molecule has 4 aromatic rings. The van der Waals surface area contributed by atoms with Gasteiger partial charge in [0, 0.05) is 12.7 Å². The van der Waals surface area contributed by atoms with E-state index >= 15 is 0 Å². The molecule has 1 unspecified atom stereocenters. The lowest BCUT2D eigenvalue weighted by atomic mass is 9.99. The summed E-state index contributed by atoms with van der Waals surface area (Å²) in [5, 5.41) is 14.5. The van der Waals surface area contributed by atoms with Crippen LogP contribution in [0.3, 0.4) is 0 Å². The number of nitrogens with one attached hydrogen (secondary N) is 2. The third-order valence-corrected chi connectivity index (χ3v) is 5.73. The maximum absolute atomic E-state index is 13.2. The number of nitrogens with zero attached hydrogens (tertiary/aromatic N) is 5. The SMILES string of the molecule is CC(C)(C)OC(=O)N1CCC1c1nn(-c2ccccc2)cc1NC(=O)c1cccc(-c2ccn[nH]2)n1. The fraction of sp³-hybridized carbons (Fsp3) is 0.269.